The van der Waals surface area contributed by atoms with Gasteiger partial charge >= 0.3 is 0 Å². The Bertz CT molecular complexity index is 500. The fraction of sp³-hybridized carbons (Fsp3) is 0.724. The number of hydrogen-bond acceptors (Lipinski definition) is 0. The molecule has 0 heterocycles. The van der Waals surface area contributed by atoms with E-state index in [4.69, 9.17) is 0 Å². The molecule has 1 aromatic carbocycles. The van der Waals surface area contributed by atoms with Crippen molar-refractivity contribution in [3.05, 3.63) is 48.0 Å². The van der Waals surface area contributed by atoms with Crippen LogP contribution in [0.3, 0.4) is 0 Å². The first-order valence-corrected chi connectivity index (χ1v) is 13.3. The number of benzene rings is 1. The molecule has 1 nitrogen and oxygen atoms in total. The van der Waals surface area contributed by atoms with Gasteiger partial charge in [-0.15, -0.1) is 0 Å². The van der Waals surface area contributed by atoms with E-state index in [1.54, 1.807) is 0 Å². The number of allylic oxidation sites excluding steroid dienone is 2. The first-order valence-electron chi connectivity index (χ1n) is 13.3. The molecule has 1 rings (SSSR count). The smallest absolute Gasteiger partial charge is 0.104 e. The third-order valence-corrected chi connectivity index (χ3v) is 6.85. The van der Waals surface area contributed by atoms with E-state index in [2.05, 4.69) is 63.3 Å². The first kappa shape index (κ1) is 27.0. The summed E-state index contributed by atoms with van der Waals surface area (Å²) < 4.78 is 1.24. The van der Waals surface area contributed by atoms with Crippen LogP contribution in [-0.4, -0.2) is 24.1 Å². The lowest BCUT2D eigenvalue weighted by atomic mass is 10.1. The van der Waals surface area contributed by atoms with Gasteiger partial charge in [0, 0.05) is 5.56 Å². The van der Waals surface area contributed by atoms with Crippen molar-refractivity contribution in [3.8, 4) is 0 Å². The van der Waals surface area contributed by atoms with Gasteiger partial charge in [-0.05, 0) is 52.4 Å². The molecule has 0 unspecified atom stereocenters. The van der Waals surface area contributed by atoms with Crippen molar-refractivity contribution in [2.24, 2.45) is 0 Å². The molecule has 0 saturated carbocycles. The highest BCUT2D eigenvalue weighted by molar-refractivity contribution is 5.13. The Labute approximate surface area is 189 Å². The molecule has 0 N–H and O–H groups in total. The average Bonchev–Trinajstić information content (AvgIpc) is 2.78. The second-order valence-corrected chi connectivity index (χ2v) is 9.28. The largest absolute Gasteiger partial charge is 0.320 e. The van der Waals surface area contributed by atoms with Gasteiger partial charge in [-0.25, -0.2) is 0 Å². The Balaban J connectivity index is 2.00. The number of rotatable bonds is 20. The van der Waals surface area contributed by atoms with Gasteiger partial charge in [0.1, 0.15) is 6.54 Å². The summed E-state index contributed by atoms with van der Waals surface area (Å²) in [7, 11) is 0. The average molecular weight is 415 g/mol. The normalized spacial score (nSPS) is 12.1. The number of unbranched alkanes of at least 4 members (excludes halogenated alkanes) is 12. The van der Waals surface area contributed by atoms with E-state index in [0.717, 1.165) is 0 Å². The van der Waals surface area contributed by atoms with E-state index >= 15 is 0 Å². The van der Waals surface area contributed by atoms with Crippen LogP contribution in [0.4, 0.5) is 0 Å². The SMILES string of the molecule is CCCCCCCCC=CCCCCCCCC[N+](CC)(CC)Cc1ccccc1. The number of hydrogen-bond donors (Lipinski definition) is 0. The highest BCUT2D eigenvalue weighted by atomic mass is 15.3. The molecule has 0 fully saturated rings. The molecule has 0 aliphatic carbocycles. The lowest BCUT2D eigenvalue weighted by molar-refractivity contribution is -0.938. The van der Waals surface area contributed by atoms with Crippen LogP contribution < -0.4 is 0 Å². The minimum Gasteiger partial charge on any atom is -0.320 e. The maximum atomic E-state index is 2.43. The van der Waals surface area contributed by atoms with Gasteiger partial charge < -0.3 is 4.48 Å². The van der Waals surface area contributed by atoms with Crippen LogP contribution in [0, 0.1) is 0 Å². The van der Waals surface area contributed by atoms with E-state index < -0.39 is 0 Å². The second kappa shape index (κ2) is 18.7. The summed E-state index contributed by atoms with van der Waals surface area (Å²) in [5, 5.41) is 0. The maximum Gasteiger partial charge on any atom is 0.104 e. The minimum atomic E-state index is 1.19. The molecule has 0 spiro atoms. The summed E-state index contributed by atoms with van der Waals surface area (Å²) in [6.07, 6.45) is 24.3. The Morgan fingerprint density at radius 3 is 1.63 bits per heavy atom. The van der Waals surface area contributed by atoms with Crippen molar-refractivity contribution < 1.29 is 4.48 Å². The first-order chi connectivity index (χ1) is 14.8. The predicted molar refractivity (Wildman–Crippen MR) is 136 cm³/mol. The molecule has 0 saturated heterocycles. The Morgan fingerprint density at radius 1 is 0.600 bits per heavy atom. The van der Waals surface area contributed by atoms with Crippen molar-refractivity contribution >= 4 is 0 Å². The molecule has 1 aromatic rings. The van der Waals surface area contributed by atoms with Crippen molar-refractivity contribution in [3.63, 3.8) is 0 Å². The summed E-state index contributed by atoms with van der Waals surface area (Å²) in [5.74, 6) is 0. The highest BCUT2D eigenvalue weighted by Gasteiger charge is 2.22. The molecule has 0 bridgehead atoms. The summed E-state index contributed by atoms with van der Waals surface area (Å²) in [6.45, 7) is 12.0. The van der Waals surface area contributed by atoms with Crippen LogP contribution in [0.5, 0.6) is 0 Å². The van der Waals surface area contributed by atoms with Crippen molar-refractivity contribution in [1.82, 2.24) is 0 Å². The second-order valence-electron chi connectivity index (χ2n) is 9.28. The highest BCUT2D eigenvalue weighted by Crippen LogP contribution is 2.17. The molecule has 0 radical (unpaired) electrons. The third kappa shape index (κ3) is 13.3. The van der Waals surface area contributed by atoms with Crippen LogP contribution in [-0.2, 0) is 6.54 Å². The summed E-state index contributed by atoms with van der Waals surface area (Å²) in [6, 6.07) is 11.1. The third-order valence-electron chi connectivity index (χ3n) is 6.85. The molecular weight excluding hydrogens is 362 g/mol. The van der Waals surface area contributed by atoms with Gasteiger partial charge in [0.15, 0.2) is 0 Å². The number of quaternary nitrogens is 1. The molecule has 0 amide bonds. The van der Waals surface area contributed by atoms with Crippen LogP contribution >= 0.6 is 0 Å². The molecule has 0 aliphatic heterocycles. The fourth-order valence-corrected chi connectivity index (χ4v) is 4.51. The van der Waals surface area contributed by atoms with Gasteiger partial charge in [-0.3, -0.25) is 0 Å². The van der Waals surface area contributed by atoms with E-state index in [1.165, 1.54) is 126 Å². The van der Waals surface area contributed by atoms with Crippen LogP contribution in [0.15, 0.2) is 42.5 Å². The van der Waals surface area contributed by atoms with Gasteiger partial charge in [-0.2, -0.15) is 0 Å². The van der Waals surface area contributed by atoms with Crippen LogP contribution in [0.25, 0.3) is 0 Å². The van der Waals surface area contributed by atoms with E-state index in [0.29, 0.717) is 0 Å². The fourth-order valence-electron chi connectivity index (χ4n) is 4.51. The summed E-state index contributed by atoms with van der Waals surface area (Å²) in [4.78, 5) is 0. The van der Waals surface area contributed by atoms with Crippen LogP contribution in [0.1, 0.15) is 116 Å². The van der Waals surface area contributed by atoms with E-state index in [9.17, 15) is 0 Å². The molecule has 1 heteroatoms. The monoisotopic (exact) mass is 414 g/mol. The molecule has 0 atom stereocenters. The Hall–Kier alpha value is -1.08. The topological polar surface area (TPSA) is 0 Å². The van der Waals surface area contributed by atoms with Crippen molar-refractivity contribution in [1.29, 1.82) is 0 Å². The van der Waals surface area contributed by atoms with Gasteiger partial charge in [-0.1, -0.05) is 101 Å². The lowest BCUT2D eigenvalue weighted by Gasteiger charge is -2.37. The molecular formula is C29H52N+. The van der Waals surface area contributed by atoms with Gasteiger partial charge in [0.2, 0.25) is 0 Å². The summed E-state index contributed by atoms with van der Waals surface area (Å²) in [5.41, 5.74) is 1.49. The maximum absolute atomic E-state index is 2.43. The minimum absolute atomic E-state index is 1.19. The Morgan fingerprint density at radius 2 is 1.10 bits per heavy atom. The van der Waals surface area contributed by atoms with E-state index in [-0.39, 0.29) is 0 Å². The zero-order valence-electron chi connectivity index (χ0n) is 20.7. The molecule has 30 heavy (non-hydrogen) atoms. The quantitative estimate of drug-likeness (QED) is 0.113. The van der Waals surface area contributed by atoms with Gasteiger partial charge in [0.25, 0.3) is 0 Å². The summed E-state index contributed by atoms with van der Waals surface area (Å²) >= 11 is 0. The molecule has 0 aromatic heterocycles. The number of nitrogens with zero attached hydrogens (tertiary/aromatic N) is 1. The van der Waals surface area contributed by atoms with Crippen molar-refractivity contribution in [2.75, 3.05) is 19.6 Å². The Kier molecular flexibility index (Phi) is 16.8. The van der Waals surface area contributed by atoms with Crippen molar-refractivity contribution in [2.45, 2.75) is 117 Å². The van der Waals surface area contributed by atoms with Crippen LogP contribution in [0.2, 0.25) is 0 Å². The molecule has 172 valence electrons. The molecule has 0 aliphatic rings. The zero-order valence-corrected chi connectivity index (χ0v) is 20.7. The van der Waals surface area contributed by atoms with Gasteiger partial charge in [0.05, 0.1) is 19.6 Å². The lowest BCUT2D eigenvalue weighted by Crippen LogP contribution is -2.47. The predicted octanol–water partition coefficient (Wildman–Crippen LogP) is 9.08. The zero-order chi connectivity index (χ0) is 21.8. The standard InChI is InChI=1S/C29H52N/c1-4-7-8-9-10-11-12-13-14-15-16-17-18-19-20-24-27-30(5-2,6-3)28-29-25-22-21-23-26-29/h13-14,21-23,25-26H,4-12,15-20,24,27-28H2,1-3H3/q+1. The van der Waals surface area contributed by atoms with E-state index in [1.807, 2.05) is 0 Å².